The first-order chi connectivity index (χ1) is 8.49. The van der Waals surface area contributed by atoms with Crippen molar-refractivity contribution in [2.45, 2.75) is 33.6 Å². The summed E-state index contributed by atoms with van der Waals surface area (Å²) in [4.78, 5) is 0. The molecule has 0 amide bonds. The van der Waals surface area contributed by atoms with Crippen LogP contribution in [0.2, 0.25) is 5.02 Å². The van der Waals surface area contributed by atoms with Crippen LogP contribution in [-0.4, -0.2) is 0 Å². The van der Waals surface area contributed by atoms with Crippen LogP contribution >= 0.6 is 11.6 Å². The van der Waals surface area contributed by atoms with Gasteiger partial charge in [0.15, 0.2) is 0 Å². The SMILES string of the molecule is Cc1cc(-c2ccc(C(C)C)c(C)c2)ccc1Cl. The van der Waals surface area contributed by atoms with Crippen LogP contribution in [0.15, 0.2) is 36.4 Å². The molecule has 0 fully saturated rings. The lowest BCUT2D eigenvalue weighted by Gasteiger charge is -2.12. The van der Waals surface area contributed by atoms with E-state index in [0.29, 0.717) is 5.92 Å². The third-order valence-electron chi connectivity index (χ3n) is 3.38. The van der Waals surface area contributed by atoms with Gasteiger partial charge in [0.05, 0.1) is 0 Å². The highest BCUT2D eigenvalue weighted by molar-refractivity contribution is 6.31. The maximum Gasteiger partial charge on any atom is 0.0435 e. The highest BCUT2D eigenvalue weighted by atomic mass is 35.5. The zero-order chi connectivity index (χ0) is 13.3. The van der Waals surface area contributed by atoms with Gasteiger partial charge in [-0.3, -0.25) is 0 Å². The number of benzene rings is 2. The van der Waals surface area contributed by atoms with E-state index in [0.717, 1.165) is 10.6 Å². The molecule has 94 valence electrons. The molecule has 0 saturated heterocycles. The van der Waals surface area contributed by atoms with Gasteiger partial charge in [0.1, 0.15) is 0 Å². The van der Waals surface area contributed by atoms with Crippen LogP contribution in [0.5, 0.6) is 0 Å². The zero-order valence-electron chi connectivity index (χ0n) is 11.4. The van der Waals surface area contributed by atoms with Gasteiger partial charge in [-0.1, -0.05) is 49.7 Å². The number of rotatable bonds is 2. The predicted molar refractivity (Wildman–Crippen MR) is 80.5 cm³/mol. The van der Waals surface area contributed by atoms with Crippen molar-refractivity contribution >= 4 is 11.6 Å². The average Bonchev–Trinajstić information content (AvgIpc) is 2.32. The molecule has 2 aromatic carbocycles. The molecule has 0 unspecified atom stereocenters. The normalized spacial score (nSPS) is 11.0. The molecule has 2 aromatic rings. The average molecular weight is 259 g/mol. The van der Waals surface area contributed by atoms with Crippen molar-refractivity contribution in [3.05, 3.63) is 58.1 Å². The summed E-state index contributed by atoms with van der Waals surface area (Å²) in [6.07, 6.45) is 0. The van der Waals surface area contributed by atoms with Crippen molar-refractivity contribution in [2.75, 3.05) is 0 Å². The summed E-state index contributed by atoms with van der Waals surface area (Å²) < 4.78 is 0. The Morgan fingerprint density at radius 2 is 1.39 bits per heavy atom. The van der Waals surface area contributed by atoms with Gasteiger partial charge in [0.25, 0.3) is 0 Å². The Balaban J connectivity index is 2.45. The minimum Gasteiger partial charge on any atom is -0.0841 e. The van der Waals surface area contributed by atoms with Crippen molar-refractivity contribution in [2.24, 2.45) is 0 Å². The maximum atomic E-state index is 6.07. The molecule has 0 radical (unpaired) electrons. The lowest BCUT2D eigenvalue weighted by atomic mass is 9.93. The first kappa shape index (κ1) is 13.2. The van der Waals surface area contributed by atoms with E-state index in [-0.39, 0.29) is 0 Å². The second kappa shape index (κ2) is 5.16. The smallest absolute Gasteiger partial charge is 0.0435 e. The molecule has 18 heavy (non-hydrogen) atoms. The highest BCUT2D eigenvalue weighted by Gasteiger charge is 2.06. The second-order valence-electron chi connectivity index (χ2n) is 5.19. The van der Waals surface area contributed by atoms with E-state index < -0.39 is 0 Å². The molecule has 0 aliphatic carbocycles. The molecule has 2 rings (SSSR count). The molecule has 0 atom stereocenters. The molecule has 0 heterocycles. The Morgan fingerprint density at radius 1 is 0.833 bits per heavy atom. The predicted octanol–water partition coefficient (Wildman–Crippen LogP) is 5.75. The van der Waals surface area contributed by atoms with Crippen LogP contribution in [0.1, 0.15) is 36.5 Å². The fourth-order valence-electron chi connectivity index (χ4n) is 2.33. The van der Waals surface area contributed by atoms with Crippen LogP contribution in [0, 0.1) is 13.8 Å². The van der Waals surface area contributed by atoms with Crippen LogP contribution in [0.25, 0.3) is 11.1 Å². The minimum atomic E-state index is 0.575. The Bertz CT molecular complexity index is 568. The van der Waals surface area contributed by atoms with E-state index in [9.17, 15) is 0 Å². The molecule has 0 nitrogen and oxygen atoms in total. The molecule has 0 saturated carbocycles. The fraction of sp³-hybridized carbons (Fsp3) is 0.294. The fourth-order valence-corrected chi connectivity index (χ4v) is 2.44. The molecular weight excluding hydrogens is 240 g/mol. The van der Waals surface area contributed by atoms with E-state index in [2.05, 4.69) is 51.1 Å². The van der Waals surface area contributed by atoms with Crippen molar-refractivity contribution in [1.82, 2.24) is 0 Å². The summed E-state index contributed by atoms with van der Waals surface area (Å²) in [7, 11) is 0. The molecule has 0 bridgehead atoms. The Kier molecular flexibility index (Phi) is 3.77. The van der Waals surface area contributed by atoms with Gasteiger partial charge in [-0.25, -0.2) is 0 Å². The van der Waals surface area contributed by atoms with E-state index >= 15 is 0 Å². The van der Waals surface area contributed by atoms with Crippen molar-refractivity contribution in [3.8, 4) is 11.1 Å². The Labute approximate surface area is 115 Å². The van der Waals surface area contributed by atoms with Gasteiger partial charge in [-0.05, 0) is 59.7 Å². The lowest BCUT2D eigenvalue weighted by molar-refractivity contribution is 0.857. The van der Waals surface area contributed by atoms with Crippen molar-refractivity contribution in [1.29, 1.82) is 0 Å². The summed E-state index contributed by atoms with van der Waals surface area (Å²) in [6.45, 7) is 8.69. The Hall–Kier alpha value is -1.27. The number of halogens is 1. The van der Waals surface area contributed by atoms with E-state index in [4.69, 9.17) is 11.6 Å². The van der Waals surface area contributed by atoms with Crippen LogP contribution in [0.3, 0.4) is 0 Å². The Morgan fingerprint density at radius 3 is 1.89 bits per heavy atom. The monoisotopic (exact) mass is 258 g/mol. The van der Waals surface area contributed by atoms with Gasteiger partial charge >= 0.3 is 0 Å². The van der Waals surface area contributed by atoms with Gasteiger partial charge in [0, 0.05) is 5.02 Å². The first-order valence-corrected chi connectivity index (χ1v) is 6.74. The highest BCUT2D eigenvalue weighted by Crippen LogP contribution is 2.28. The van der Waals surface area contributed by atoms with Crippen molar-refractivity contribution < 1.29 is 0 Å². The number of hydrogen-bond donors (Lipinski definition) is 0. The summed E-state index contributed by atoms with van der Waals surface area (Å²) in [5.74, 6) is 0.575. The molecular formula is C17H19Cl. The molecule has 0 N–H and O–H groups in total. The van der Waals surface area contributed by atoms with E-state index in [1.54, 1.807) is 0 Å². The molecule has 1 heteroatoms. The second-order valence-corrected chi connectivity index (χ2v) is 5.60. The largest absolute Gasteiger partial charge is 0.0841 e. The summed E-state index contributed by atoms with van der Waals surface area (Å²) in [5.41, 5.74) is 6.39. The standard InChI is InChI=1S/C17H19Cl/c1-11(2)16-7-5-14(9-12(16)3)15-6-8-17(18)13(4)10-15/h5-11H,1-4H3. The molecule has 0 aromatic heterocycles. The minimum absolute atomic E-state index is 0.575. The summed E-state index contributed by atoms with van der Waals surface area (Å²) >= 11 is 6.07. The molecule has 0 aliphatic rings. The molecule has 0 spiro atoms. The van der Waals surface area contributed by atoms with Crippen LogP contribution < -0.4 is 0 Å². The summed E-state index contributed by atoms with van der Waals surface area (Å²) in [6, 6.07) is 12.9. The quantitative estimate of drug-likeness (QED) is 0.644. The van der Waals surface area contributed by atoms with Crippen molar-refractivity contribution in [3.63, 3.8) is 0 Å². The van der Waals surface area contributed by atoms with Gasteiger partial charge in [-0.15, -0.1) is 0 Å². The van der Waals surface area contributed by atoms with Gasteiger partial charge in [-0.2, -0.15) is 0 Å². The number of hydrogen-bond acceptors (Lipinski definition) is 0. The first-order valence-electron chi connectivity index (χ1n) is 6.36. The third-order valence-corrected chi connectivity index (χ3v) is 3.81. The van der Waals surface area contributed by atoms with Gasteiger partial charge < -0.3 is 0 Å². The van der Waals surface area contributed by atoms with Crippen LogP contribution in [0.4, 0.5) is 0 Å². The van der Waals surface area contributed by atoms with Crippen LogP contribution in [-0.2, 0) is 0 Å². The molecule has 0 aliphatic heterocycles. The number of aryl methyl sites for hydroxylation is 2. The lowest BCUT2D eigenvalue weighted by Crippen LogP contribution is -1.92. The third kappa shape index (κ3) is 2.59. The maximum absolute atomic E-state index is 6.07. The topological polar surface area (TPSA) is 0 Å². The zero-order valence-corrected chi connectivity index (χ0v) is 12.2. The summed E-state index contributed by atoms with van der Waals surface area (Å²) in [5, 5.41) is 0.828. The van der Waals surface area contributed by atoms with E-state index in [1.165, 1.54) is 22.3 Å². The van der Waals surface area contributed by atoms with E-state index in [1.807, 2.05) is 13.0 Å². The van der Waals surface area contributed by atoms with Gasteiger partial charge in [0.2, 0.25) is 0 Å².